The van der Waals surface area contributed by atoms with Crippen LogP contribution in [-0.4, -0.2) is 61.9 Å². The average molecular weight is 306 g/mol. The summed E-state index contributed by atoms with van der Waals surface area (Å²) in [4.78, 5) is 23.4. The summed E-state index contributed by atoms with van der Waals surface area (Å²) in [5.41, 5.74) is -0.509. The fourth-order valence-electron chi connectivity index (χ4n) is 3.34. The van der Waals surface area contributed by atoms with E-state index in [0.29, 0.717) is 32.3 Å². The Hall–Kier alpha value is -1.73. The summed E-state index contributed by atoms with van der Waals surface area (Å²) in [6, 6.07) is 1.79. The van der Waals surface area contributed by atoms with Crippen LogP contribution < -0.4 is 10.2 Å². The molecule has 1 aromatic heterocycles. The van der Waals surface area contributed by atoms with Gasteiger partial charge in [0.2, 0.25) is 11.9 Å². The number of amides is 1. The van der Waals surface area contributed by atoms with Crippen molar-refractivity contribution in [2.45, 2.75) is 18.9 Å². The molecule has 0 unspecified atom stereocenters. The molecule has 2 aliphatic rings. The number of nitrogens with one attached hydrogen (secondary N) is 1. The van der Waals surface area contributed by atoms with Gasteiger partial charge < -0.3 is 19.7 Å². The molecule has 1 aromatic rings. The zero-order valence-corrected chi connectivity index (χ0v) is 12.8. The summed E-state index contributed by atoms with van der Waals surface area (Å²) in [5.74, 6) is 0.726. The Morgan fingerprint density at radius 3 is 3.14 bits per heavy atom. The SMILES string of the molecule is COCCNC(=O)[C@@]12CCO[C@@H]1CCN(c1ncccn1)C2. The van der Waals surface area contributed by atoms with Crippen molar-refractivity contribution in [1.82, 2.24) is 15.3 Å². The Morgan fingerprint density at radius 1 is 1.55 bits per heavy atom. The van der Waals surface area contributed by atoms with E-state index in [4.69, 9.17) is 9.47 Å². The predicted molar refractivity (Wildman–Crippen MR) is 80.5 cm³/mol. The van der Waals surface area contributed by atoms with Gasteiger partial charge in [0.05, 0.1) is 18.1 Å². The highest BCUT2D eigenvalue weighted by Gasteiger charge is 2.53. The molecule has 0 aliphatic carbocycles. The lowest BCUT2D eigenvalue weighted by Gasteiger charge is -2.42. The van der Waals surface area contributed by atoms with Crippen LogP contribution in [0.1, 0.15) is 12.8 Å². The summed E-state index contributed by atoms with van der Waals surface area (Å²) in [5, 5.41) is 2.98. The van der Waals surface area contributed by atoms with Crippen molar-refractivity contribution in [3.8, 4) is 0 Å². The molecule has 2 fully saturated rings. The molecular formula is C15H22N4O3. The molecular weight excluding hydrogens is 284 g/mol. The molecule has 2 atom stereocenters. The number of aromatic nitrogens is 2. The number of hydrogen-bond acceptors (Lipinski definition) is 6. The van der Waals surface area contributed by atoms with Crippen molar-refractivity contribution in [2.75, 3.05) is 44.9 Å². The summed E-state index contributed by atoms with van der Waals surface area (Å²) in [7, 11) is 1.63. The van der Waals surface area contributed by atoms with Crippen LogP contribution >= 0.6 is 0 Å². The van der Waals surface area contributed by atoms with Crippen molar-refractivity contribution in [3.63, 3.8) is 0 Å². The van der Waals surface area contributed by atoms with Crippen molar-refractivity contribution in [1.29, 1.82) is 0 Å². The predicted octanol–water partition coefficient (Wildman–Crippen LogP) is 0.225. The van der Waals surface area contributed by atoms with Gasteiger partial charge in [-0.05, 0) is 18.9 Å². The first-order valence-corrected chi connectivity index (χ1v) is 7.67. The van der Waals surface area contributed by atoms with E-state index in [1.807, 2.05) is 0 Å². The molecule has 0 aromatic carbocycles. The maximum atomic E-state index is 12.7. The zero-order chi connectivity index (χ0) is 15.4. The number of rotatable bonds is 5. The number of methoxy groups -OCH3 is 1. The van der Waals surface area contributed by atoms with Gasteiger partial charge in [0.1, 0.15) is 0 Å². The van der Waals surface area contributed by atoms with Crippen LogP contribution in [0.5, 0.6) is 0 Å². The Bertz CT molecular complexity index is 513. The topological polar surface area (TPSA) is 76.6 Å². The highest BCUT2D eigenvalue weighted by molar-refractivity contribution is 5.84. The number of ether oxygens (including phenoxy) is 2. The Balaban J connectivity index is 1.75. The molecule has 2 aliphatic heterocycles. The van der Waals surface area contributed by atoms with E-state index < -0.39 is 5.41 Å². The first-order valence-electron chi connectivity index (χ1n) is 7.67. The van der Waals surface area contributed by atoms with Crippen LogP contribution in [0.3, 0.4) is 0 Å². The third-order valence-corrected chi connectivity index (χ3v) is 4.50. The van der Waals surface area contributed by atoms with Crippen molar-refractivity contribution >= 4 is 11.9 Å². The fourth-order valence-corrected chi connectivity index (χ4v) is 3.34. The second kappa shape index (κ2) is 6.58. The van der Waals surface area contributed by atoms with Crippen molar-refractivity contribution < 1.29 is 14.3 Å². The highest BCUT2D eigenvalue weighted by atomic mass is 16.5. The molecule has 120 valence electrons. The van der Waals surface area contributed by atoms with Gasteiger partial charge in [-0.25, -0.2) is 9.97 Å². The minimum absolute atomic E-state index is 0.0185. The fraction of sp³-hybridized carbons (Fsp3) is 0.667. The lowest BCUT2D eigenvalue weighted by atomic mass is 9.75. The average Bonchev–Trinajstić information content (AvgIpc) is 3.00. The van der Waals surface area contributed by atoms with E-state index >= 15 is 0 Å². The van der Waals surface area contributed by atoms with E-state index in [2.05, 4.69) is 20.2 Å². The van der Waals surface area contributed by atoms with E-state index in [1.54, 1.807) is 25.6 Å². The Kier molecular flexibility index (Phi) is 4.54. The summed E-state index contributed by atoms with van der Waals surface area (Å²) >= 11 is 0. The van der Waals surface area contributed by atoms with Crippen LogP contribution in [-0.2, 0) is 14.3 Å². The Labute approximate surface area is 130 Å². The molecule has 1 N–H and O–H groups in total. The molecule has 0 bridgehead atoms. The minimum atomic E-state index is -0.509. The number of piperidine rings is 1. The normalized spacial score (nSPS) is 27.5. The molecule has 7 heteroatoms. The maximum Gasteiger partial charge on any atom is 0.230 e. The van der Waals surface area contributed by atoms with E-state index in [9.17, 15) is 4.79 Å². The van der Waals surface area contributed by atoms with Crippen molar-refractivity contribution in [3.05, 3.63) is 18.5 Å². The molecule has 3 rings (SSSR count). The van der Waals surface area contributed by atoms with Gasteiger partial charge in [0, 0.05) is 45.7 Å². The van der Waals surface area contributed by atoms with E-state index in [0.717, 1.165) is 19.4 Å². The summed E-state index contributed by atoms with van der Waals surface area (Å²) in [6.45, 7) is 3.07. The van der Waals surface area contributed by atoms with Gasteiger partial charge in [-0.1, -0.05) is 0 Å². The highest BCUT2D eigenvalue weighted by Crippen LogP contribution is 2.41. The quantitative estimate of drug-likeness (QED) is 0.785. The molecule has 7 nitrogen and oxygen atoms in total. The molecule has 0 saturated carbocycles. The largest absolute Gasteiger partial charge is 0.383 e. The summed E-state index contributed by atoms with van der Waals surface area (Å²) in [6.07, 6.45) is 4.99. The molecule has 1 amide bonds. The Morgan fingerprint density at radius 2 is 2.36 bits per heavy atom. The molecule has 0 spiro atoms. The third kappa shape index (κ3) is 2.78. The van der Waals surface area contributed by atoms with Crippen molar-refractivity contribution in [2.24, 2.45) is 5.41 Å². The van der Waals surface area contributed by atoms with Crippen LogP contribution in [0, 0.1) is 5.41 Å². The standard InChI is InChI=1S/C15H22N4O3/c1-21-10-7-16-13(20)15-4-9-22-12(15)3-8-19(11-15)14-17-5-2-6-18-14/h2,5-6,12H,3-4,7-11H2,1H3,(H,16,20)/t12-,15-/m1/s1. The molecule has 3 heterocycles. The molecule has 2 saturated heterocycles. The van der Waals surface area contributed by atoms with Gasteiger partial charge in [-0.3, -0.25) is 4.79 Å². The number of carbonyl (C=O) groups is 1. The smallest absolute Gasteiger partial charge is 0.230 e. The zero-order valence-electron chi connectivity index (χ0n) is 12.8. The monoisotopic (exact) mass is 306 g/mol. The number of carbonyl (C=O) groups excluding carboxylic acids is 1. The van der Waals surface area contributed by atoms with Crippen LogP contribution in [0.25, 0.3) is 0 Å². The number of nitrogens with zero attached hydrogens (tertiary/aromatic N) is 3. The van der Waals surface area contributed by atoms with Gasteiger partial charge in [-0.2, -0.15) is 0 Å². The minimum Gasteiger partial charge on any atom is -0.383 e. The number of anilines is 1. The molecule has 22 heavy (non-hydrogen) atoms. The maximum absolute atomic E-state index is 12.7. The van der Waals surface area contributed by atoms with Gasteiger partial charge in [-0.15, -0.1) is 0 Å². The van der Waals surface area contributed by atoms with Crippen LogP contribution in [0.2, 0.25) is 0 Å². The number of hydrogen-bond donors (Lipinski definition) is 1. The number of fused-ring (bicyclic) bond motifs is 1. The van der Waals surface area contributed by atoms with Gasteiger partial charge in [0.15, 0.2) is 0 Å². The molecule has 0 radical (unpaired) electrons. The summed E-state index contributed by atoms with van der Waals surface area (Å²) < 4.78 is 10.8. The second-order valence-corrected chi connectivity index (χ2v) is 5.77. The van der Waals surface area contributed by atoms with Gasteiger partial charge in [0.25, 0.3) is 0 Å². The first-order chi connectivity index (χ1) is 10.8. The van der Waals surface area contributed by atoms with Gasteiger partial charge >= 0.3 is 0 Å². The lowest BCUT2D eigenvalue weighted by molar-refractivity contribution is -0.135. The van der Waals surface area contributed by atoms with Crippen LogP contribution in [0.15, 0.2) is 18.5 Å². The second-order valence-electron chi connectivity index (χ2n) is 5.77. The first kappa shape index (κ1) is 15.2. The van der Waals surface area contributed by atoms with E-state index in [1.165, 1.54) is 0 Å². The lowest BCUT2D eigenvalue weighted by Crippen LogP contribution is -2.57. The third-order valence-electron chi connectivity index (χ3n) is 4.50. The van der Waals surface area contributed by atoms with Crippen LogP contribution in [0.4, 0.5) is 5.95 Å². The van der Waals surface area contributed by atoms with E-state index in [-0.39, 0.29) is 12.0 Å².